The van der Waals surface area contributed by atoms with E-state index in [1.807, 2.05) is 24.3 Å². The smallest absolute Gasteiger partial charge is 0.366 e. The van der Waals surface area contributed by atoms with Gasteiger partial charge in [0.15, 0.2) is 5.90 Å². The van der Waals surface area contributed by atoms with Crippen LogP contribution < -0.4 is 21.2 Å². The van der Waals surface area contributed by atoms with Crippen molar-refractivity contribution >= 4 is 102 Å². The molecule has 0 bridgehead atoms. The van der Waals surface area contributed by atoms with Crippen molar-refractivity contribution in [1.29, 1.82) is 0 Å². The molecular weight excluding hydrogens is 1240 g/mol. The Kier molecular flexibility index (Phi) is 16.6. The monoisotopic (exact) mass is 1280 g/mol. The molecule has 12 aromatic rings. The summed E-state index contributed by atoms with van der Waals surface area (Å²) < 4.78 is 0. The maximum atomic E-state index is 7.41. The number of rotatable bonds is 6. The Balaban J connectivity index is 0.000000140. The van der Waals surface area contributed by atoms with Crippen molar-refractivity contribution in [3.63, 3.8) is 0 Å². The second-order valence-corrected chi connectivity index (χ2v) is 22.2. The molecule has 0 atom stereocenters. The van der Waals surface area contributed by atoms with Crippen LogP contribution in [0.4, 0.5) is 0 Å². The van der Waals surface area contributed by atoms with Crippen LogP contribution in [-0.4, -0.2) is 5.90 Å². The first-order chi connectivity index (χ1) is 33.2. The van der Waals surface area contributed by atoms with Crippen molar-refractivity contribution in [2.24, 2.45) is 0 Å². The first-order valence-corrected chi connectivity index (χ1v) is 26.0. The van der Waals surface area contributed by atoms with Crippen LogP contribution in [0.2, 0.25) is 0 Å². The average Bonchev–Trinajstić information content (AvgIpc) is 3.41. The van der Waals surface area contributed by atoms with E-state index in [1.165, 1.54) is 81.0 Å². The molecule has 0 heterocycles. The van der Waals surface area contributed by atoms with Gasteiger partial charge in [0, 0.05) is 0 Å². The molecule has 0 radical (unpaired) electrons. The molecule has 0 aliphatic rings. The first-order valence-electron chi connectivity index (χ1n) is 22.6. The Morgan fingerprint density at radius 3 is 0.855 bits per heavy atom. The first kappa shape index (κ1) is 49.1. The van der Waals surface area contributed by atoms with Gasteiger partial charge in [-0.05, 0) is 102 Å². The molecule has 0 fully saturated rings. The Hall–Kier alpha value is -6.34. The van der Waals surface area contributed by atoms with E-state index in [4.69, 9.17) is 12.8 Å². The van der Waals surface area contributed by atoms with Crippen LogP contribution in [0.15, 0.2) is 255 Å². The quantitative estimate of drug-likeness (QED) is 0.0512. The van der Waals surface area contributed by atoms with E-state index < -0.39 is 15.8 Å². The largest absolute Gasteiger partial charge is 1.00 e. The summed E-state index contributed by atoms with van der Waals surface area (Å²) >= 11 is 0. The molecule has 0 saturated heterocycles. The number of hydrogen-bond donors (Lipinski definition) is 0. The summed E-state index contributed by atoms with van der Waals surface area (Å²) in [5, 5.41) is 20.6. The fourth-order valence-corrected chi connectivity index (χ4v) is 17.1. The van der Waals surface area contributed by atoms with Gasteiger partial charge < -0.3 is 12.8 Å². The van der Waals surface area contributed by atoms with E-state index in [1.54, 1.807) is 0 Å². The summed E-state index contributed by atoms with van der Waals surface area (Å²) in [5.41, 5.74) is 1.69. The number of benzene rings is 12. The van der Waals surface area contributed by atoms with Gasteiger partial charge in [0.2, 0.25) is 0 Å². The van der Waals surface area contributed by atoms with Crippen LogP contribution >= 0.6 is 15.8 Å². The summed E-state index contributed by atoms with van der Waals surface area (Å²) in [7, 11) is -1.69. The van der Waals surface area contributed by atoms with Crippen molar-refractivity contribution in [2.45, 2.75) is 0 Å². The van der Waals surface area contributed by atoms with Gasteiger partial charge in [0.25, 0.3) is 0 Å². The molecule has 0 nitrogen and oxygen atoms in total. The molecule has 4 heteroatoms. The van der Waals surface area contributed by atoms with Crippen molar-refractivity contribution in [3.05, 3.63) is 279 Å². The summed E-state index contributed by atoms with van der Waals surface area (Å²) in [6.45, 7) is 0. The fraction of sp³-hybridized carbons (Fsp3) is 0.0154. The van der Waals surface area contributed by atoms with Gasteiger partial charge in [0.05, 0.1) is 0 Å². The normalized spacial score (nSPS) is 10.7. The van der Waals surface area contributed by atoms with E-state index >= 15 is 0 Å². The van der Waals surface area contributed by atoms with Crippen molar-refractivity contribution in [1.82, 2.24) is 0 Å². The molecule has 0 N–H and O–H groups in total. The minimum atomic E-state index is -0.847. The van der Waals surface area contributed by atoms with Crippen LogP contribution in [0.3, 0.4) is 0 Å². The third kappa shape index (κ3) is 10.6. The van der Waals surface area contributed by atoms with E-state index in [0.29, 0.717) is 0 Å². The van der Waals surface area contributed by atoms with Crippen molar-refractivity contribution in [2.75, 3.05) is 5.90 Å². The topological polar surface area (TPSA) is 0 Å². The molecule has 336 valence electrons. The molecule has 0 aliphatic heterocycles. The second kappa shape index (κ2) is 23.3. The van der Waals surface area contributed by atoms with Crippen LogP contribution in [0.1, 0.15) is 11.1 Å². The molecular formula is C65H46Au2P2+2. The third-order valence-electron chi connectivity index (χ3n) is 12.7. The maximum absolute atomic E-state index is 7.41. The zero-order chi connectivity index (χ0) is 45.4. The fourth-order valence-electron chi connectivity index (χ4n) is 9.41. The average molecular weight is 1280 g/mol. The zero-order valence-corrected chi connectivity index (χ0v) is 43.9. The van der Waals surface area contributed by atoms with Gasteiger partial charge in [-0.1, -0.05) is 205 Å². The molecule has 0 saturated carbocycles. The van der Waals surface area contributed by atoms with Crippen LogP contribution in [0.5, 0.6) is 0 Å². The van der Waals surface area contributed by atoms with E-state index in [0.717, 1.165) is 21.9 Å². The van der Waals surface area contributed by atoms with Crippen molar-refractivity contribution < 1.29 is 44.8 Å². The summed E-state index contributed by atoms with van der Waals surface area (Å²) in [6, 6.07) is 90.6. The predicted molar refractivity (Wildman–Crippen MR) is 296 cm³/mol. The van der Waals surface area contributed by atoms with E-state index in [2.05, 4.69) is 242 Å². The van der Waals surface area contributed by atoms with Crippen molar-refractivity contribution in [3.8, 4) is 11.8 Å². The van der Waals surface area contributed by atoms with Crippen LogP contribution in [0.25, 0.3) is 64.6 Å². The van der Waals surface area contributed by atoms with Gasteiger partial charge in [0.1, 0.15) is 37.1 Å². The molecule has 0 spiro atoms. The number of hydrogen-bond acceptors (Lipinski definition) is 0. The summed E-state index contributed by atoms with van der Waals surface area (Å²) in [4.78, 5) is 0. The SMILES string of the molecule is [Au+].[Au+].[C-]#Cc1cccc2c1ccc1c3ccccc3ccc21.[C-]#Cc1cccc2c1ccc1c3ccccc3ccc21.c1ccc([PH+](C[PH+](c2ccccc2)c2ccccc2)c2ccccc2)cc1. The zero-order valence-electron chi connectivity index (χ0n) is 37.6. The molecule has 0 aromatic heterocycles. The summed E-state index contributed by atoms with van der Waals surface area (Å²) in [5.74, 6) is 6.29. The predicted octanol–water partition coefficient (Wildman–Crippen LogP) is 14.8. The minimum Gasteiger partial charge on any atom is -0.366 e. The van der Waals surface area contributed by atoms with Gasteiger partial charge in [-0.25, -0.2) is 0 Å². The van der Waals surface area contributed by atoms with Gasteiger partial charge in [-0.15, -0.1) is 23.3 Å². The molecule has 69 heavy (non-hydrogen) atoms. The maximum Gasteiger partial charge on any atom is 1.00 e. The molecule has 12 aromatic carbocycles. The standard InChI is InChI=1S/C25H22P2.2C20H11.2Au/c1-5-13-22(14-6-1)26(23-15-7-2-8-16-23)21-27(24-17-9-3-10-18-24)25-19-11-4-12-20-25;2*1-2-14-7-5-9-18-17(14)12-13-19-16-8-4-3-6-15(16)10-11-20(18)19;;/h1-20H,21H2;2*3-13H;;/q;2*-1;2*+1/p+2. The minimum absolute atomic E-state index is 0. The van der Waals surface area contributed by atoms with E-state index in [-0.39, 0.29) is 44.8 Å². The molecule has 12 rings (SSSR count). The second-order valence-electron chi connectivity index (χ2n) is 16.5. The Morgan fingerprint density at radius 1 is 0.246 bits per heavy atom. The Bertz CT molecular complexity index is 3420. The van der Waals surface area contributed by atoms with Crippen LogP contribution in [0, 0.1) is 24.7 Å². The molecule has 0 amide bonds. The number of fused-ring (bicyclic) bond motifs is 10. The van der Waals surface area contributed by atoms with Gasteiger partial charge in [-0.2, -0.15) is 0 Å². The van der Waals surface area contributed by atoms with Gasteiger partial charge >= 0.3 is 44.8 Å². The Morgan fingerprint density at radius 2 is 0.507 bits per heavy atom. The van der Waals surface area contributed by atoms with E-state index in [9.17, 15) is 0 Å². The molecule has 0 aliphatic carbocycles. The summed E-state index contributed by atoms with van der Waals surface area (Å²) in [6.07, 6.45) is 14.8. The van der Waals surface area contributed by atoms with Gasteiger partial charge in [-0.3, -0.25) is 11.8 Å². The third-order valence-corrected chi connectivity index (χ3v) is 19.6. The Labute approximate surface area is 439 Å². The van der Waals surface area contributed by atoms with Crippen LogP contribution in [-0.2, 0) is 44.8 Å². The molecule has 0 unspecified atom stereocenters.